The molecule has 0 atom stereocenters. The summed E-state index contributed by atoms with van der Waals surface area (Å²) in [6, 6.07) is 5.07. The lowest BCUT2D eigenvalue weighted by molar-refractivity contribution is -0.384. The fraction of sp³-hybridized carbons (Fsp3) is 0.417. The van der Waals surface area contributed by atoms with E-state index in [1.54, 1.807) is 6.07 Å². The van der Waals surface area contributed by atoms with Crippen molar-refractivity contribution in [3.05, 3.63) is 28.3 Å². The highest BCUT2D eigenvalue weighted by molar-refractivity contribution is 5.77. The number of nitro benzene ring substituents is 1. The number of nitro groups is 1. The van der Waals surface area contributed by atoms with Crippen LogP contribution in [-0.2, 0) is 0 Å². The van der Waals surface area contributed by atoms with Gasteiger partial charge in [0.15, 0.2) is 5.58 Å². The molecule has 0 spiro atoms. The maximum Gasteiger partial charge on any atom is 0.298 e. The van der Waals surface area contributed by atoms with Crippen LogP contribution in [0.25, 0.3) is 11.1 Å². The number of rotatable bonds is 2. The first-order valence-electron chi connectivity index (χ1n) is 6.04. The molecule has 0 unspecified atom stereocenters. The average molecular weight is 247 g/mol. The molecule has 94 valence electrons. The molecule has 1 aliphatic heterocycles. The van der Waals surface area contributed by atoms with E-state index >= 15 is 0 Å². The summed E-state index contributed by atoms with van der Waals surface area (Å²) in [6.07, 6.45) is 3.51. The maximum atomic E-state index is 10.7. The van der Waals surface area contributed by atoms with Crippen molar-refractivity contribution in [2.75, 3.05) is 18.0 Å². The minimum Gasteiger partial charge on any atom is -0.423 e. The molecule has 1 fully saturated rings. The topological polar surface area (TPSA) is 72.4 Å². The number of nitrogens with zero attached hydrogens (tertiary/aromatic N) is 3. The van der Waals surface area contributed by atoms with Crippen LogP contribution in [0, 0.1) is 10.1 Å². The highest BCUT2D eigenvalue weighted by Gasteiger charge is 2.18. The Morgan fingerprint density at radius 3 is 2.78 bits per heavy atom. The number of oxazole rings is 1. The normalized spacial score (nSPS) is 16.1. The monoisotopic (exact) mass is 247 g/mol. The van der Waals surface area contributed by atoms with Crippen LogP contribution in [0.4, 0.5) is 11.7 Å². The molecule has 0 bridgehead atoms. The van der Waals surface area contributed by atoms with Crippen LogP contribution in [0.3, 0.4) is 0 Å². The Balaban J connectivity index is 1.97. The Bertz CT molecular complexity index is 587. The summed E-state index contributed by atoms with van der Waals surface area (Å²) in [5.74, 6) is 0. The van der Waals surface area contributed by atoms with Gasteiger partial charge in [-0.15, -0.1) is 0 Å². The lowest BCUT2D eigenvalue weighted by Gasteiger charge is -2.24. The molecular formula is C12H13N3O3. The quantitative estimate of drug-likeness (QED) is 0.602. The first-order chi connectivity index (χ1) is 8.74. The van der Waals surface area contributed by atoms with E-state index in [0.29, 0.717) is 17.1 Å². The van der Waals surface area contributed by atoms with Crippen LogP contribution in [0.15, 0.2) is 22.6 Å². The predicted molar refractivity (Wildman–Crippen MR) is 66.7 cm³/mol. The highest BCUT2D eigenvalue weighted by Crippen LogP contribution is 2.26. The molecule has 2 aromatic rings. The molecule has 0 saturated carbocycles. The second-order valence-corrected chi connectivity index (χ2v) is 4.45. The minimum atomic E-state index is -0.422. The van der Waals surface area contributed by atoms with E-state index in [0.717, 1.165) is 25.9 Å². The van der Waals surface area contributed by atoms with Gasteiger partial charge in [-0.25, -0.2) is 0 Å². The number of anilines is 1. The van der Waals surface area contributed by atoms with Gasteiger partial charge in [-0.2, -0.15) is 4.98 Å². The maximum absolute atomic E-state index is 10.7. The van der Waals surface area contributed by atoms with Gasteiger partial charge >= 0.3 is 0 Å². The van der Waals surface area contributed by atoms with Crippen molar-refractivity contribution in [2.24, 2.45) is 0 Å². The molecule has 6 heteroatoms. The van der Waals surface area contributed by atoms with Crippen molar-refractivity contribution in [1.82, 2.24) is 4.98 Å². The molecule has 1 aromatic heterocycles. The molecule has 0 radical (unpaired) electrons. The van der Waals surface area contributed by atoms with Gasteiger partial charge in [0.05, 0.1) is 4.92 Å². The van der Waals surface area contributed by atoms with Crippen molar-refractivity contribution in [2.45, 2.75) is 19.3 Å². The molecule has 2 heterocycles. The first-order valence-corrected chi connectivity index (χ1v) is 6.04. The fourth-order valence-electron chi connectivity index (χ4n) is 2.24. The fourth-order valence-corrected chi connectivity index (χ4v) is 2.24. The Kier molecular flexibility index (Phi) is 2.62. The molecule has 0 aliphatic carbocycles. The SMILES string of the molecule is O=[N+]([O-])c1ccc2oc(N3CCCCC3)nc2c1. The van der Waals surface area contributed by atoms with Crippen LogP contribution in [0.2, 0.25) is 0 Å². The van der Waals surface area contributed by atoms with Crippen LogP contribution >= 0.6 is 0 Å². The number of hydrogen-bond acceptors (Lipinski definition) is 5. The van der Waals surface area contributed by atoms with Gasteiger partial charge in [0.2, 0.25) is 0 Å². The Labute approximate surface area is 103 Å². The average Bonchev–Trinajstić information content (AvgIpc) is 2.82. The van der Waals surface area contributed by atoms with Gasteiger partial charge in [-0.3, -0.25) is 10.1 Å². The molecule has 6 nitrogen and oxygen atoms in total. The zero-order valence-corrected chi connectivity index (χ0v) is 9.83. The third-order valence-corrected chi connectivity index (χ3v) is 3.20. The van der Waals surface area contributed by atoms with Crippen molar-refractivity contribution in [3.8, 4) is 0 Å². The standard InChI is InChI=1S/C12H13N3O3/c16-15(17)9-4-5-11-10(8-9)13-12(18-11)14-6-2-1-3-7-14/h4-5,8H,1-3,6-7H2. The molecule has 3 rings (SSSR count). The number of fused-ring (bicyclic) bond motifs is 1. The van der Waals surface area contributed by atoms with Crippen LogP contribution in [-0.4, -0.2) is 23.0 Å². The summed E-state index contributed by atoms with van der Waals surface area (Å²) in [5, 5.41) is 10.7. The Hall–Kier alpha value is -2.11. The lowest BCUT2D eigenvalue weighted by atomic mass is 10.1. The molecular weight excluding hydrogens is 234 g/mol. The summed E-state index contributed by atoms with van der Waals surface area (Å²) < 4.78 is 5.63. The van der Waals surface area contributed by atoms with Gasteiger partial charge < -0.3 is 9.32 Å². The Morgan fingerprint density at radius 2 is 2.06 bits per heavy atom. The van der Waals surface area contributed by atoms with Gasteiger partial charge in [-0.05, 0) is 25.3 Å². The van der Waals surface area contributed by atoms with Crippen molar-refractivity contribution < 1.29 is 9.34 Å². The predicted octanol–water partition coefficient (Wildman–Crippen LogP) is 2.73. The minimum absolute atomic E-state index is 0.0426. The Morgan fingerprint density at radius 1 is 1.28 bits per heavy atom. The van der Waals surface area contributed by atoms with E-state index < -0.39 is 4.92 Å². The van der Waals surface area contributed by atoms with Crippen molar-refractivity contribution in [1.29, 1.82) is 0 Å². The highest BCUT2D eigenvalue weighted by atomic mass is 16.6. The third-order valence-electron chi connectivity index (χ3n) is 3.20. The smallest absolute Gasteiger partial charge is 0.298 e. The summed E-state index contributed by atoms with van der Waals surface area (Å²) in [7, 11) is 0. The van der Waals surface area contributed by atoms with Crippen molar-refractivity contribution >= 4 is 22.8 Å². The molecule has 1 aliphatic rings. The lowest BCUT2D eigenvalue weighted by Crippen LogP contribution is -2.29. The van der Waals surface area contributed by atoms with E-state index in [-0.39, 0.29) is 5.69 Å². The number of non-ortho nitro benzene ring substituents is 1. The molecule has 1 saturated heterocycles. The van der Waals surface area contributed by atoms with Crippen LogP contribution in [0.5, 0.6) is 0 Å². The number of benzene rings is 1. The summed E-state index contributed by atoms with van der Waals surface area (Å²) in [4.78, 5) is 16.7. The van der Waals surface area contributed by atoms with E-state index in [4.69, 9.17) is 4.42 Å². The molecule has 0 N–H and O–H groups in total. The van der Waals surface area contributed by atoms with Gasteiger partial charge in [0.25, 0.3) is 11.7 Å². The summed E-state index contributed by atoms with van der Waals surface area (Å²) >= 11 is 0. The number of aromatic nitrogens is 1. The van der Waals surface area contributed by atoms with E-state index in [1.807, 2.05) is 0 Å². The molecule has 18 heavy (non-hydrogen) atoms. The van der Waals surface area contributed by atoms with Gasteiger partial charge in [-0.1, -0.05) is 0 Å². The summed E-state index contributed by atoms with van der Waals surface area (Å²) in [5.41, 5.74) is 1.19. The van der Waals surface area contributed by atoms with Crippen LogP contribution < -0.4 is 4.90 Å². The first kappa shape index (κ1) is 11.0. The summed E-state index contributed by atoms with van der Waals surface area (Å²) in [6.45, 7) is 1.88. The zero-order valence-electron chi connectivity index (χ0n) is 9.83. The van der Waals surface area contributed by atoms with E-state index in [9.17, 15) is 10.1 Å². The third kappa shape index (κ3) is 1.90. The van der Waals surface area contributed by atoms with E-state index in [2.05, 4.69) is 9.88 Å². The van der Waals surface area contributed by atoms with Crippen molar-refractivity contribution in [3.63, 3.8) is 0 Å². The van der Waals surface area contributed by atoms with Gasteiger partial charge in [0.1, 0.15) is 5.52 Å². The molecule has 1 aromatic carbocycles. The number of piperidine rings is 1. The second-order valence-electron chi connectivity index (χ2n) is 4.45. The molecule has 0 amide bonds. The zero-order chi connectivity index (χ0) is 12.5. The van der Waals surface area contributed by atoms with Gasteiger partial charge in [0, 0.05) is 25.2 Å². The number of hydrogen-bond donors (Lipinski definition) is 0. The largest absolute Gasteiger partial charge is 0.423 e. The second kappa shape index (κ2) is 4.29. The van der Waals surface area contributed by atoms with Crippen LogP contribution in [0.1, 0.15) is 19.3 Å². The van der Waals surface area contributed by atoms with E-state index in [1.165, 1.54) is 18.6 Å².